The van der Waals surface area contributed by atoms with Crippen LogP contribution in [0.3, 0.4) is 0 Å². The number of hydrogen-bond acceptors (Lipinski definition) is 2. The summed E-state index contributed by atoms with van der Waals surface area (Å²) in [7, 11) is 0. The molecule has 0 aliphatic rings. The van der Waals surface area contributed by atoms with E-state index in [2.05, 4.69) is 4.84 Å². The lowest BCUT2D eigenvalue weighted by atomic mass is 10.2. The van der Waals surface area contributed by atoms with Gasteiger partial charge in [0.05, 0.1) is 11.3 Å². The van der Waals surface area contributed by atoms with Gasteiger partial charge >= 0.3 is 18.5 Å². The zero-order valence-corrected chi connectivity index (χ0v) is 9.70. The fourth-order valence-electron chi connectivity index (χ4n) is 1.13. The number of anilines is 1. The van der Waals surface area contributed by atoms with Gasteiger partial charge in [-0.2, -0.15) is 35.1 Å². The Balaban J connectivity index is 2.80. The van der Waals surface area contributed by atoms with Crippen molar-refractivity contribution >= 4 is 5.69 Å². The molecule has 1 atom stereocenters. The van der Waals surface area contributed by atoms with Crippen molar-refractivity contribution in [2.45, 2.75) is 24.6 Å². The van der Waals surface area contributed by atoms with Crippen molar-refractivity contribution in [1.82, 2.24) is 0 Å². The van der Waals surface area contributed by atoms with Crippen LogP contribution in [0.2, 0.25) is 0 Å². The van der Waals surface area contributed by atoms with Gasteiger partial charge in [0, 0.05) is 0 Å². The minimum atomic E-state index is -5.89. The molecule has 0 fully saturated rings. The standard InChI is InChI=1S/C10H6F9NO/c11-7(9(15,16)17)10(18,19)21-20-6-3-1-2-5(4-6)8(12,13)14/h1-4,7,20H. The Bertz CT molecular complexity index is 482. The normalized spacial score (nSPS) is 14.9. The zero-order chi connectivity index (χ0) is 16.5. The fourth-order valence-corrected chi connectivity index (χ4v) is 1.13. The van der Waals surface area contributed by atoms with Crippen molar-refractivity contribution in [3.63, 3.8) is 0 Å². The summed E-state index contributed by atoms with van der Waals surface area (Å²) in [6.07, 6.45) is -20.6. The average molecular weight is 327 g/mol. The predicted octanol–water partition coefficient (Wildman–Crippen LogP) is 4.54. The van der Waals surface area contributed by atoms with Crippen molar-refractivity contribution in [3.8, 4) is 0 Å². The molecule has 2 nitrogen and oxygen atoms in total. The van der Waals surface area contributed by atoms with Crippen LogP contribution >= 0.6 is 0 Å². The molecule has 0 heterocycles. The minimum absolute atomic E-state index is 0.302. The monoisotopic (exact) mass is 327 g/mol. The summed E-state index contributed by atoms with van der Waals surface area (Å²) < 4.78 is 110. The molecule has 0 saturated carbocycles. The van der Waals surface area contributed by atoms with Crippen LogP contribution in [0.1, 0.15) is 5.56 Å². The Hall–Kier alpha value is -1.65. The van der Waals surface area contributed by atoms with Crippen LogP contribution in [-0.2, 0) is 11.0 Å². The number of alkyl halides is 9. The quantitative estimate of drug-likeness (QED) is 0.647. The Morgan fingerprint density at radius 3 is 2.00 bits per heavy atom. The lowest BCUT2D eigenvalue weighted by molar-refractivity contribution is -0.327. The fraction of sp³-hybridized carbons (Fsp3) is 0.400. The lowest BCUT2D eigenvalue weighted by Crippen LogP contribution is -2.44. The van der Waals surface area contributed by atoms with Gasteiger partial charge in [0.1, 0.15) is 0 Å². The third-order valence-corrected chi connectivity index (χ3v) is 2.08. The lowest BCUT2D eigenvalue weighted by Gasteiger charge is -2.22. The van der Waals surface area contributed by atoms with Crippen LogP contribution in [0.4, 0.5) is 45.2 Å². The topological polar surface area (TPSA) is 21.3 Å². The molecule has 1 rings (SSSR count). The van der Waals surface area contributed by atoms with Crippen molar-refractivity contribution in [3.05, 3.63) is 29.8 Å². The Morgan fingerprint density at radius 1 is 0.952 bits per heavy atom. The molecule has 0 radical (unpaired) electrons. The van der Waals surface area contributed by atoms with Crippen LogP contribution in [0.15, 0.2) is 24.3 Å². The van der Waals surface area contributed by atoms with Crippen molar-refractivity contribution in [2.75, 3.05) is 5.48 Å². The Kier molecular flexibility index (Phi) is 4.66. The molecule has 21 heavy (non-hydrogen) atoms. The molecule has 0 spiro atoms. The second kappa shape index (κ2) is 5.62. The van der Waals surface area contributed by atoms with Crippen molar-refractivity contribution in [2.24, 2.45) is 0 Å². The first-order valence-electron chi connectivity index (χ1n) is 5.04. The van der Waals surface area contributed by atoms with E-state index in [1.807, 2.05) is 0 Å². The van der Waals surface area contributed by atoms with Crippen LogP contribution in [-0.4, -0.2) is 18.5 Å². The maximum atomic E-state index is 12.7. The van der Waals surface area contributed by atoms with Gasteiger partial charge in [-0.05, 0) is 18.2 Å². The summed E-state index contributed by atoms with van der Waals surface area (Å²) in [6, 6.07) is 2.50. The molecule has 0 aliphatic heterocycles. The smallest absolute Gasteiger partial charge is 0.261 e. The summed E-state index contributed by atoms with van der Waals surface area (Å²) in [5.74, 6) is 0. The van der Waals surface area contributed by atoms with E-state index in [0.717, 1.165) is 17.6 Å². The molecule has 120 valence electrons. The molecule has 0 saturated heterocycles. The highest BCUT2D eigenvalue weighted by Gasteiger charge is 2.58. The minimum Gasteiger partial charge on any atom is -0.261 e. The summed E-state index contributed by atoms with van der Waals surface area (Å²) in [5.41, 5.74) is -0.820. The molecule has 1 N–H and O–H groups in total. The molecule has 11 heteroatoms. The molecule has 1 aromatic carbocycles. The van der Waals surface area contributed by atoms with E-state index >= 15 is 0 Å². The third kappa shape index (κ3) is 4.69. The van der Waals surface area contributed by atoms with E-state index in [9.17, 15) is 39.5 Å². The summed E-state index contributed by atoms with van der Waals surface area (Å²) >= 11 is 0. The second-order valence-corrected chi connectivity index (χ2v) is 3.75. The first-order valence-corrected chi connectivity index (χ1v) is 5.04. The number of halogens is 9. The number of hydrogen-bond donors (Lipinski definition) is 1. The summed E-state index contributed by atoms with van der Waals surface area (Å²) in [6.45, 7) is 0. The number of benzene rings is 1. The van der Waals surface area contributed by atoms with Crippen LogP contribution < -0.4 is 5.48 Å². The summed E-state index contributed by atoms with van der Waals surface area (Å²) in [5, 5.41) is 0. The van der Waals surface area contributed by atoms with E-state index in [0.29, 0.717) is 12.1 Å². The van der Waals surface area contributed by atoms with Gasteiger partial charge in [0.2, 0.25) is 0 Å². The SMILES string of the molecule is FC(C(F)(F)F)C(F)(F)ONc1cccc(C(F)(F)F)c1. The van der Waals surface area contributed by atoms with Gasteiger partial charge in [-0.25, -0.2) is 9.23 Å². The number of rotatable bonds is 4. The Morgan fingerprint density at radius 2 is 1.52 bits per heavy atom. The van der Waals surface area contributed by atoms with Crippen LogP contribution in [0.25, 0.3) is 0 Å². The van der Waals surface area contributed by atoms with Crippen LogP contribution in [0.5, 0.6) is 0 Å². The van der Waals surface area contributed by atoms with E-state index < -0.39 is 35.9 Å². The highest BCUT2D eigenvalue weighted by atomic mass is 19.4. The molecular formula is C10H6F9NO. The molecule has 1 unspecified atom stereocenters. The third-order valence-electron chi connectivity index (χ3n) is 2.08. The highest BCUT2D eigenvalue weighted by Crippen LogP contribution is 2.36. The maximum absolute atomic E-state index is 12.7. The van der Waals surface area contributed by atoms with E-state index in [4.69, 9.17) is 0 Å². The molecule has 0 bridgehead atoms. The van der Waals surface area contributed by atoms with E-state index in [1.54, 1.807) is 0 Å². The van der Waals surface area contributed by atoms with E-state index in [-0.39, 0.29) is 0 Å². The molecule has 0 aliphatic carbocycles. The second-order valence-electron chi connectivity index (χ2n) is 3.75. The van der Waals surface area contributed by atoms with Gasteiger partial charge in [0.15, 0.2) is 0 Å². The molecule has 1 aromatic rings. The first-order chi connectivity index (χ1) is 9.34. The largest absolute Gasteiger partial charge is 0.428 e. The van der Waals surface area contributed by atoms with Crippen LogP contribution in [0, 0.1) is 0 Å². The van der Waals surface area contributed by atoms with Crippen molar-refractivity contribution < 1.29 is 44.4 Å². The number of nitrogens with one attached hydrogen (secondary N) is 1. The van der Waals surface area contributed by atoms with E-state index in [1.165, 1.54) is 0 Å². The molecular weight excluding hydrogens is 321 g/mol. The molecule has 0 amide bonds. The Labute approximate surface area is 111 Å². The summed E-state index contributed by atoms with van der Waals surface area (Å²) in [4.78, 5) is 3.23. The average Bonchev–Trinajstić information content (AvgIpc) is 2.34. The zero-order valence-electron chi connectivity index (χ0n) is 9.70. The van der Waals surface area contributed by atoms with Gasteiger partial charge in [-0.15, -0.1) is 0 Å². The van der Waals surface area contributed by atoms with Crippen molar-refractivity contribution in [1.29, 1.82) is 0 Å². The first kappa shape index (κ1) is 17.4. The van der Waals surface area contributed by atoms with Gasteiger partial charge in [0.25, 0.3) is 6.17 Å². The highest BCUT2D eigenvalue weighted by molar-refractivity contribution is 5.44. The van der Waals surface area contributed by atoms with Gasteiger partial charge < -0.3 is 0 Å². The maximum Gasteiger partial charge on any atom is 0.428 e. The predicted molar refractivity (Wildman–Crippen MR) is 52.0 cm³/mol. The van der Waals surface area contributed by atoms with Gasteiger partial charge in [-0.3, -0.25) is 5.48 Å². The van der Waals surface area contributed by atoms with Gasteiger partial charge in [-0.1, -0.05) is 6.07 Å². The molecule has 0 aromatic heterocycles.